The molecule has 3 heterocycles. The Morgan fingerprint density at radius 3 is 2.34 bits per heavy atom. The summed E-state index contributed by atoms with van der Waals surface area (Å²) in [5.41, 5.74) is 1.85. The Bertz CT molecular complexity index is 1080. The van der Waals surface area contributed by atoms with Crippen molar-refractivity contribution in [3.8, 4) is 5.75 Å². The van der Waals surface area contributed by atoms with Gasteiger partial charge in [0.15, 0.2) is 0 Å². The zero-order valence-corrected chi connectivity index (χ0v) is 19.2. The highest BCUT2D eigenvalue weighted by molar-refractivity contribution is 5.70. The van der Waals surface area contributed by atoms with Crippen molar-refractivity contribution in [1.82, 2.24) is 19.8 Å². The molecule has 0 atom stereocenters. The van der Waals surface area contributed by atoms with Crippen LogP contribution in [0.4, 0.5) is 18.0 Å². The highest BCUT2D eigenvalue weighted by Crippen LogP contribution is 2.28. The standard InChI is InChI=1S/C26H27F3N4O2/c27-26(28,29)22-7-8-23(31-19-22)17-20-5-9-24(10-6-20)35-25(34)33-15-13-32(14-16-33)12-2-4-21-3-1-11-30-18-21/h1,3,5-11,18-19H,2,4,12-17H2. The summed E-state index contributed by atoms with van der Waals surface area (Å²) >= 11 is 0. The molecule has 0 N–H and O–H groups in total. The van der Waals surface area contributed by atoms with E-state index in [9.17, 15) is 18.0 Å². The van der Waals surface area contributed by atoms with Gasteiger partial charge in [-0.3, -0.25) is 14.9 Å². The normalized spacial score (nSPS) is 14.7. The van der Waals surface area contributed by atoms with Crippen molar-refractivity contribution in [2.75, 3.05) is 32.7 Å². The fraction of sp³-hybridized carbons (Fsp3) is 0.346. The molecule has 0 radical (unpaired) electrons. The van der Waals surface area contributed by atoms with Gasteiger partial charge in [0.1, 0.15) is 5.75 Å². The summed E-state index contributed by atoms with van der Waals surface area (Å²) in [7, 11) is 0. The first-order valence-corrected chi connectivity index (χ1v) is 11.6. The number of piperazine rings is 1. The van der Waals surface area contributed by atoms with Gasteiger partial charge in [-0.1, -0.05) is 18.2 Å². The fourth-order valence-electron chi connectivity index (χ4n) is 3.95. The average molecular weight is 485 g/mol. The quantitative estimate of drug-likeness (QED) is 0.481. The molecule has 6 nitrogen and oxygen atoms in total. The van der Waals surface area contributed by atoms with Gasteiger partial charge in [0.25, 0.3) is 0 Å². The fourth-order valence-corrected chi connectivity index (χ4v) is 3.95. The number of ether oxygens (including phenoxy) is 1. The number of aromatic nitrogens is 2. The van der Waals surface area contributed by atoms with Gasteiger partial charge >= 0.3 is 12.3 Å². The lowest BCUT2D eigenvalue weighted by atomic mass is 10.1. The van der Waals surface area contributed by atoms with Gasteiger partial charge < -0.3 is 9.64 Å². The number of amides is 1. The number of hydrogen-bond acceptors (Lipinski definition) is 5. The molecule has 0 aliphatic carbocycles. The van der Waals surface area contributed by atoms with Crippen LogP contribution in [0.15, 0.2) is 67.1 Å². The number of carbonyl (C=O) groups is 1. The molecule has 0 saturated carbocycles. The van der Waals surface area contributed by atoms with Crippen LogP contribution >= 0.6 is 0 Å². The summed E-state index contributed by atoms with van der Waals surface area (Å²) < 4.78 is 43.5. The Morgan fingerprint density at radius 1 is 0.943 bits per heavy atom. The first-order valence-electron chi connectivity index (χ1n) is 11.6. The summed E-state index contributed by atoms with van der Waals surface area (Å²) in [6.45, 7) is 3.82. The predicted molar refractivity (Wildman–Crippen MR) is 125 cm³/mol. The molecule has 1 aliphatic heterocycles. The minimum absolute atomic E-state index is 0.378. The second kappa shape index (κ2) is 11.3. The first-order chi connectivity index (χ1) is 16.9. The maximum Gasteiger partial charge on any atom is 0.417 e. The summed E-state index contributed by atoms with van der Waals surface area (Å²) in [5.74, 6) is 0.429. The lowest BCUT2D eigenvalue weighted by Gasteiger charge is -2.34. The van der Waals surface area contributed by atoms with Crippen LogP contribution in [-0.2, 0) is 19.0 Å². The van der Waals surface area contributed by atoms with E-state index < -0.39 is 11.7 Å². The highest BCUT2D eigenvalue weighted by atomic mass is 19.4. The summed E-state index contributed by atoms with van der Waals surface area (Å²) in [5, 5.41) is 0. The first kappa shape index (κ1) is 24.7. The zero-order chi connectivity index (χ0) is 24.7. The molecule has 1 fully saturated rings. The second-order valence-corrected chi connectivity index (χ2v) is 8.52. The molecule has 35 heavy (non-hydrogen) atoms. The van der Waals surface area contributed by atoms with Crippen LogP contribution in [0.5, 0.6) is 5.75 Å². The topological polar surface area (TPSA) is 58.6 Å². The third-order valence-electron chi connectivity index (χ3n) is 5.96. The van der Waals surface area contributed by atoms with E-state index in [0.717, 1.165) is 50.3 Å². The highest BCUT2D eigenvalue weighted by Gasteiger charge is 2.30. The SMILES string of the molecule is O=C(Oc1ccc(Cc2ccc(C(F)(F)F)cn2)cc1)N1CCN(CCCc2cccnc2)CC1. The maximum atomic E-state index is 12.7. The van der Waals surface area contributed by atoms with Crippen LogP contribution < -0.4 is 4.74 Å². The Kier molecular flexibility index (Phi) is 7.97. The number of halogens is 3. The molecular weight excluding hydrogens is 457 g/mol. The van der Waals surface area contributed by atoms with E-state index in [4.69, 9.17) is 4.74 Å². The van der Waals surface area contributed by atoms with Gasteiger partial charge in [0.05, 0.1) is 5.56 Å². The molecule has 1 aromatic carbocycles. The number of alkyl halides is 3. The smallest absolute Gasteiger partial charge is 0.410 e. The molecule has 1 amide bonds. The van der Waals surface area contributed by atoms with E-state index >= 15 is 0 Å². The van der Waals surface area contributed by atoms with E-state index in [1.807, 2.05) is 12.3 Å². The van der Waals surface area contributed by atoms with Crippen LogP contribution in [0.25, 0.3) is 0 Å². The Hall–Kier alpha value is -3.46. The van der Waals surface area contributed by atoms with Crippen molar-refractivity contribution in [2.24, 2.45) is 0 Å². The molecule has 1 aliphatic rings. The monoisotopic (exact) mass is 484 g/mol. The van der Waals surface area contributed by atoms with Crippen LogP contribution in [0.1, 0.15) is 28.8 Å². The van der Waals surface area contributed by atoms with Crippen molar-refractivity contribution < 1.29 is 22.7 Å². The van der Waals surface area contributed by atoms with Crippen LogP contribution in [-0.4, -0.2) is 58.6 Å². The number of carbonyl (C=O) groups excluding carboxylic acids is 1. The van der Waals surface area contributed by atoms with Crippen molar-refractivity contribution in [3.63, 3.8) is 0 Å². The van der Waals surface area contributed by atoms with Gasteiger partial charge in [0.2, 0.25) is 0 Å². The van der Waals surface area contributed by atoms with Crippen molar-refractivity contribution in [1.29, 1.82) is 0 Å². The van der Waals surface area contributed by atoms with Crippen molar-refractivity contribution in [3.05, 3.63) is 89.5 Å². The zero-order valence-electron chi connectivity index (χ0n) is 19.2. The molecule has 0 spiro atoms. The second-order valence-electron chi connectivity index (χ2n) is 8.52. The van der Waals surface area contributed by atoms with Crippen molar-refractivity contribution in [2.45, 2.75) is 25.4 Å². The largest absolute Gasteiger partial charge is 0.417 e. The minimum atomic E-state index is -4.40. The third-order valence-corrected chi connectivity index (χ3v) is 5.96. The molecule has 3 aromatic rings. The molecule has 1 saturated heterocycles. The van der Waals surface area contributed by atoms with Gasteiger partial charge in [-0.25, -0.2) is 4.79 Å². The lowest BCUT2D eigenvalue weighted by molar-refractivity contribution is -0.137. The van der Waals surface area contributed by atoms with Crippen molar-refractivity contribution >= 4 is 6.09 Å². The van der Waals surface area contributed by atoms with Gasteiger partial charge in [0, 0.05) is 56.9 Å². The third kappa shape index (κ3) is 7.26. The Balaban J connectivity index is 1.19. The summed E-state index contributed by atoms with van der Waals surface area (Å²) in [6.07, 6.45) is 2.15. The van der Waals surface area contributed by atoms with E-state index in [1.54, 1.807) is 35.4 Å². The number of benzene rings is 1. The maximum absolute atomic E-state index is 12.7. The minimum Gasteiger partial charge on any atom is -0.410 e. The lowest BCUT2D eigenvalue weighted by Crippen LogP contribution is -2.49. The van der Waals surface area contributed by atoms with E-state index in [-0.39, 0.29) is 6.09 Å². The van der Waals surface area contributed by atoms with Gasteiger partial charge in [-0.15, -0.1) is 0 Å². The molecular formula is C26H27F3N4O2. The van der Waals surface area contributed by atoms with Gasteiger partial charge in [-0.2, -0.15) is 13.2 Å². The van der Waals surface area contributed by atoms with Crippen LogP contribution in [0, 0.1) is 0 Å². The molecule has 2 aromatic heterocycles. The predicted octanol–water partition coefficient (Wildman–Crippen LogP) is 4.84. The molecule has 184 valence electrons. The van der Waals surface area contributed by atoms with E-state index in [1.165, 1.54) is 11.6 Å². The number of hydrogen-bond donors (Lipinski definition) is 0. The van der Waals surface area contributed by atoms with E-state index in [2.05, 4.69) is 20.9 Å². The average Bonchev–Trinajstić information content (AvgIpc) is 2.86. The Labute approximate surface area is 202 Å². The number of nitrogens with zero attached hydrogens (tertiary/aromatic N) is 4. The van der Waals surface area contributed by atoms with Crippen LogP contribution in [0.3, 0.4) is 0 Å². The molecule has 4 rings (SSSR count). The molecule has 0 bridgehead atoms. The van der Waals surface area contributed by atoms with Crippen LogP contribution in [0.2, 0.25) is 0 Å². The molecule has 0 unspecified atom stereocenters. The number of aryl methyl sites for hydroxylation is 1. The van der Waals surface area contributed by atoms with Gasteiger partial charge in [-0.05, 0) is 60.8 Å². The Morgan fingerprint density at radius 2 is 1.71 bits per heavy atom. The number of pyridine rings is 2. The summed E-state index contributed by atoms with van der Waals surface area (Å²) in [4.78, 5) is 24.6. The van der Waals surface area contributed by atoms with E-state index in [0.29, 0.717) is 31.0 Å². The molecule has 9 heteroatoms. The number of rotatable bonds is 7. The summed E-state index contributed by atoms with van der Waals surface area (Å²) in [6, 6.07) is 13.4.